The van der Waals surface area contributed by atoms with E-state index in [1.807, 2.05) is 30.2 Å². The Bertz CT molecular complexity index is 781. The third-order valence-corrected chi connectivity index (χ3v) is 5.77. The summed E-state index contributed by atoms with van der Waals surface area (Å²) in [6, 6.07) is 3.82. The Balaban J connectivity index is 1.42. The van der Waals surface area contributed by atoms with E-state index in [0.29, 0.717) is 34.7 Å². The van der Waals surface area contributed by atoms with Crippen molar-refractivity contribution in [2.75, 3.05) is 24.5 Å². The van der Waals surface area contributed by atoms with Crippen LogP contribution < -0.4 is 10.2 Å². The molecule has 8 heteroatoms. The van der Waals surface area contributed by atoms with E-state index in [0.717, 1.165) is 18.8 Å². The van der Waals surface area contributed by atoms with Crippen LogP contribution in [0.5, 0.6) is 0 Å². The first kappa shape index (κ1) is 16.1. The lowest BCUT2D eigenvalue weighted by molar-refractivity contribution is 0.0953. The smallest absolute Gasteiger partial charge is 0.326 e. The van der Waals surface area contributed by atoms with Crippen molar-refractivity contribution in [3.8, 4) is 0 Å². The fraction of sp³-hybridized carbons (Fsp3) is 0.471. The molecular formula is C17H21N5O2S. The Hall–Kier alpha value is -2.35. The molecule has 2 N–H and O–H groups in total. The Morgan fingerprint density at radius 2 is 2.28 bits per heavy atom. The minimum absolute atomic E-state index is 0.0130. The molecule has 2 fully saturated rings. The summed E-state index contributed by atoms with van der Waals surface area (Å²) in [4.78, 5) is 36.7. The number of urea groups is 1. The molecule has 7 nitrogen and oxygen atoms in total. The van der Waals surface area contributed by atoms with Crippen molar-refractivity contribution in [1.29, 1.82) is 0 Å². The molecule has 0 spiro atoms. The van der Waals surface area contributed by atoms with Crippen LogP contribution in [0.1, 0.15) is 33.9 Å². The minimum Gasteiger partial charge on any atom is -0.364 e. The summed E-state index contributed by atoms with van der Waals surface area (Å²) in [6.07, 6.45) is 4.28. The second-order valence-electron chi connectivity index (χ2n) is 6.61. The number of rotatable bonds is 6. The number of thiazole rings is 1. The van der Waals surface area contributed by atoms with Gasteiger partial charge in [-0.25, -0.2) is 9.78 Å². The van der Waals surface area contributed by atoms with Gasteiger partial charge in [-0.05, 0) is 37.8 Å². The summed E-state index contributed by atoms with van der Waals surface area (Å²) in [5, 5.41) is 3.50. The Labute approximate surface area is 150 Å². The predicted octanol–water partition coefficient (Wildman–Crippen LogP) is 2.36. The van der Waals surface area contributed by atoms with E-state index in [9.17, 15) is 9.59 Å². The number of nitrogens with zero attached hydrogens (tertiary/aromatic N) is 3. The second kappa shape index (κ2) is 6.51. The van der Waals surface area contributed by atoms with Gasteiger partial charge in [0.25, 0.3) is 5.91 Å². The molecule has 3 heterocycles. The van der Waals surface area contributed by atoms with Gasteiger partial charge in [-0.2, -0.15) is 0 Å². The quantitative estimate of drug-likeness (QED) is 0.831. The van der Waals surface area contributed by atoms with E-state index in [4.69, 9.17) is 0 Å². The van der Waals surface area contributed by atoms with Gasteiger partial charge < -0.3 is 15.2 Å². The van der Waals surface area contributed by atoms with Crippen molar-refractivity contribution < 1.29 is 9.59 Å². The van der Waals surface area contributed by atoms with E-state index >= 15 is 0 Å². The van der Waals surface area contributed by atoms with Gasteiger partial charge >= 0.3 is 6.03 Å². The van der Waals surface area contributed by atoms with E-state index in [-0.39, 0.29) is 11.9 Å². The molecule has 25 heavy (non-hydrogen) atoms. The van der Waals surface area contributed by atoms with Crippen molar-refractivity contribution in [3.05, 3.63) is 34.6 Å². The maximum absolute atomic E-state index is 12.6. The fourth-order valence-corrected chi connectivity index (χ4v) is 3.99. The average Bonchev–Trinajstić information content (AvgIpc) is 2.97. The molecular weight excluding hydrogens is 338 g/mol. The van der Waals surface area contributed by atoms with Gasteiger partial charge in [0.1, 0.15) is 4.88 Å². The second-order valence-corrected chi connectivity index (χ2v) is 7.59. The molecule has 0 atom stereocenters. The zero-order valence-electron chi connectivity index (χ0n) is 14.1. The summed E-state index contributed by atoms with van der Waals surface area (Å²) in [7, 11) is 0. The number of carbonyl (C=O) groups is 2. The molecule has 1 saturated heterocycles. The maximum Gasteiger partial charge on any atom is 0.326 e. The monoisotopic (exact) mass is 359 g/mol. The first-order chi connectivity index (χ1) is 12.1. The van der Waals surface area contributed by atoms with Gasteiger partial charge in [0.05, 0.1) is 12.2 Å². The van der Waals surface area contributed by atoms with Crippen LogP contribution in [0.3, 0.4) is 0 Å². The van der Waals surface area contributed by atoms with Gasteiger partial charge in [-0.1, -0.05) is 11.3 Å². The molecule has 1 aliphatic carbocycles. The van der Waals surface area contributed by atoms with Crippen molar-refractivity contribution in [2.45, 2.75) is 26.3 Å². The lowest BCUT2D eigenvalue weighted by atomic mass is 10.3. The number of carbonyl (C=O) groups excluding carboxylic acids is 2. The molecule has 0 radical (unpaired) electrons. The number of amides is 3. The molecule has 4 rings (SSSR count). The van der Waals surface area contributed by atoms with E-state index < -0.39 is 0 Å². The molecule has 2 aromatic rings. The van der Waals surface area contributed by atoms with Crippen LogP contribution in [-0.2, 0) is 6.54 Å². The Morgan fingerprint density at radius 3 is 3.00 bits per heavy atom. The van der Waals surface area contributed by atoms with E-state index in [1.165, 1.54) is 24.2 Å². The minimum atomic E-state index is -0.155. The highest BCUT2D eigenvalue weighted by molar-refractivity contribution is 7.17. The molecule has 1 aliphatic heterocycles. The first-order valence-corrected chi connectivity index (χ1v) is 9.38. The fourth-order valence-electron chi connectivity index (χ4n) is 2.98. The zero-order chi connectivity index (χ0) is 17.4. The van der Waals surface area contributed by atoms with Crippen LogP contribution in [0.4, 0.5) is 9.93 Å². The highest BCUT2D eigenvalue weighted by Crippen LogP contribution is 2.33. The molecule has 2 aromatic heterocycles. The van der Waals surface area contributed by atoms with Crippen LogP contribution in [0.25, 0.3) is 0 Å². The molecule has 2 aliphatic rings. The Morgan fingerprint density at radius 1 is 1.44 bits per heavy atom. The van der Waals surface area contributed by atoms with Crippen molar-refractivity contribution >= 4 is 28.4 Å². The van der Waals surface area contributed by atoms with Crippen LogP contribution in [0.15, 0.2) is 18.3 Å². The number of hydrogen-bond acceptors (Lipinski definition) is 4. The number of H-pyrrole nitrogens is 1. The SMILES string of the molecule is Cc1nc(N2CCN(CC3CC3)C2=O)sc1C(=O)NCc1ccc[nH]1. The number of anilines is 1. The third kappa shape index (κ3) is 3.39. The topological polar surface area (TPSA) is 81.3 Å². The lowest BCUT2D eigenvalue weighted by Crippen LogP contribution is -2.33. The Kier molecular flexibility index (Phi) is 4.20. The van der Waals surface area contributed by atoms with Crippen molar-refractivity contribution in [3.63, 3.8) is 0 Å². The molecule has 132 valence electrons. The van der Waals surface area contributed by atoms with Gasteiger partial charge in [0.15, 0.2) is 5.13 Å². The van der Waals surface area contributed by atoms with Crippen molar-refractivity contribution in [2.24, 2.45) is 5.92 Å². The summed E-state index contributed by atoms with van der Waals surface area (Å²) in [5.41, 5.74) is 1.61. The number of hydrogen-bond donors (Lipinski definition) is 2. The van der Waals surface area contributed by atoms with Crippen LogP contribution in [0.2, 0.25) is 0 Å². The summed E-state index contributed by atoms with van der Waals surface area (Å²) in [5.74, 6) is 0.522. The highest BCUT2D eigenvalue weighted by atomic mass is 32.1. The number of nitrogens with one attached hydrogen (secondary N) is 2. The predicted molar refractivity (Wildman–Crippen MR) is 95.9 cm³/mol. The molecule has 1 saturated carbocycles. The van der Waals surface area contributed by atoms with Crippen molar-refractivity contribution in [1.82, 2.24) is 20.2 Å². The number of aromatic amines is 1. The first-order valence-electron chi connectivity index (χ1n) is 8.56. The van der Waals surface area contributed by atoms with Crippen LogP contribution >= 0.6 is 11.3 Å². The zero-order valence-corrected chi connectivity index (χ0v) is 14.9. The van der Waals surface area contributed by atoms with Crippen LogP contribution in [0, 0.1) is 12.8 Å². The third-order valence-electron chi connectivity index (χ3n) is 4.59. The normalized spacial score (nSPS) is 17.4. The summed E-state index contributed by atoms with van der Waals surface area (Å²) in [6.45, 7) is 4.48. The van der Waals surface area contributed by atoms with E-state index in [1.54, 1.807) is 4.90 Å². The standard InChI is InChI=1S/C17H21N5O2S/c1-11-14(15(23)19-9-13-3-2-6-18-13)25-16(20-11)22-8-7-21(17(22)24)10-12-4-5-12/h2-3,6,12,18H,4-5,7-10H2,1H3,(H,19,23). The highest BCUT2D eigenvalue weighted by Gasteiger charge is 2.35. The number of aromatic nitrogens is 2. The van der Waals surface area contributed by atoms with Gasteiger partial charge in [-0.15, -0.1) is 0 Å². The van der Waals surface area contributed by atoms with Gasteiger partial charge in [0.2, 0.25) is 0 Å². The van der Waals surface area contributed by atoms with Gasteiger partial charge in [0, 0.05) is 31.5 Å². The molecule has 0 bridgehead atoms. The maximum atomic E-state index is 12.6. The molecule has 0 aromatic carbocycles. The average molecular weight is 359 g/mol. The summed E-state index contributed by atoms with van der Waals surface area (Å²) < 4.78 is 0. The lowest BCUT2D eigenvalue weighted by Gasteiger charge is -2.16. The van der Waals surface area contributed by atoms with Gasteiger partial charge in [-0.3, -0.25) is 9.69 Å². The van der Waals surface area contributed by atoms with E-state index in [2.05, 4.69) is 15.3 Å². The number of aryl methyl sites for hydroxylation is 1. The summed E-state index contributed by atoms with van der Waals surface area (Å²) >= 11 is 1.29. The molecule has 0 unspecified atom stereocenters. The molecule has 3 amide bonds. The largest absolute Gasteiger partial charge is 0.364 e. The van der Waals surface area contributed by atoms with Crippen LogP contribution in [-0.4, -0.2) is 46.4 Å².